The molecular formula is C18H25ClN4O2. The Kier molecular flexibility index (Phi) is 6.58. The first kappa shape index (κ1) is 19.4. The van der Waals surface area contributed by atoms with Gasteiger partial charge in [-0.3, -0.25) is 4.79 Å². The van der Waals surface area contributed by atoms with Crippen molar-refractivity contribution in [2.24, 2.45) is 0 Å². The second-order valence-electron chi connectivity index (χ2n) is 6.17. The van der Waals surface area contributed by atoms with Gasteiger partial charge in [0.1, 0.15) is 0 Å². The number of halogens is 1. The van der Waals surface area contributed by atoms with Crippen LogP contribution in [0.3, 0.4) is 0 Å². The molecule has 0 saturated carbocycles. The molecule has 6 nitrogen and oxygen atoms in total. The van der Waals surface area contributed by atoms with Crippen LogP contribution >= 0.6 is 12.4 Å². The van der Waals surface area contributed by atoms with Crippen LogP contribution < -0.4 is 10.6 Å². The highest BCUT2D eigenvalue weighted by Crippen LogP contribution is 2.18. The van der Waals surface area contributed by atoms with Crippen LogP contribution in [-0.4, -0.2) is 41.5 Å². The zero-order valence-electron chi connectivity index (χ0n) is 14.8. The molecule has 0 spiro atoms. The van der Waals surface area contributed by atoms with E-state index in [1.165, 1.54) is 0 Å². The van der Waals surface area contributed by atoms with E-state index in [1.54, 1.807) is 7.11 Å². The topological polar surface area (TPSA) is 68.2 Å². The van der Waals surface area contributed by atoms with Crippen molar-refractivity contribution in [2.75, 3.05) is 13.7 Å². The highest BCUT2D eigenvalue weighted by Gasteiger charge is 2.29. The highest BCUT2D eigenvalue weighted by atomic mass is 35.5. The average molecular weight is 365 g/mol. The predicted octanol–water partition coefficient (Wildman–Crippen LogP) is 1.90. The van der Waals surface area contributed by atoms with Crippen molar-refractivity contribution in [3.8, 4) is 5.69 Å². The number of carbonyl (C=O) groups excluding carboxylic acids is 1. The Morgan fingerprint density at radius 2 is 2.08 bits per heavy atom. The van der Waals surface area contributed by atoms with Crippen LogP contribution in [0.25, 0.3) is 5.69 Å². The van der Waals surface area contributed by atoms with E-state index < -0.39 is 0 Å². The van der Waals surface area contributed by atoms with Crippen LogP contribution in [0.1, 0.15) is 23.4 Å². The summed E-state index contributed by atoms with van der Waals surface area (Å²) in [6, 6.07) is 9.83. The van der Waals surface area contributed by atoms with E-state index in [0.29, 0.717) is 13.0 Å². The van der Waals surface area contributed by atoms with E-state index in [0.717, 1.165) is 29.2 Å². The third-order valence-electron chi connectivity index (χ3n) is 4.62. The number of ether oxygens (including phenoxy) is 1. The molecule has 1 saturated heterocycles. The molecular weight excluding hydrogens is 340 g/mol. The van der Waals surface area contributed by atoms with Crippen molar-refractivity contribution < 1.29 is 9.53 Å². The van der Waals surface area contributed by atoms with Gasteiger partial charge in [0, 0.05) is 31.5 Å². The van der Waals surface area contributed by atoms with Crippen molar-refractivity contribution in [3.63, 3.8) is 0 Å². The molecule has 2 N–H and O–H groups in total. The fraction of sp³-hybridized carbons (Fsp3) is 0.444. The predicted molar refractivity (Wildman–Crippen MR) is 99.3 cm³/mol. The molecule has 25 heavy (non-hydrogen) atoms. The number of amides is 1. The van der Waals surface area contributed by atoms with Gasteiger partial charge in [0.2, 0.25) is 5.91 Å². The molecule has 2 heterocycles. The van der Waals surface area contributed by atoms with Gasteiger partial charge in [-0.05, 0) is 32.4 Å². The zero-order valence-corrected chi connectivity index (χ0v) is 15.6. The van der Waals surface area contributed by atoms with Crippen LogP contribution in [0.2, 0.25) is 0 Å². The van der Waals surface area contributed by atoms with E-state index in [9.17, 15) is 4.79 Å². The highest BCUT2D eigenvalue weighted by molar-refractivity contribution is 5.85. The van der Waals surface area contributed by atoms with Crippen LogP contribution in [0.5, 0.6) is 0 Å². The Morgan fingerprint density at radius 1 is 1.36 bits per heavy atom. The maximum atomic E-state index is 12.3. The van der Waals surface area contributed by atoms with Gasteiger partial charge in [0.15, 0.2) is 0 Å². The lowest BCUT2D eigenvalue weighted by atomic mass is 10.1. The van der Waals surface area contributed by atoms with Crippen molar-refractivity contribution in [2.45, 2.75) is 39.0 Å². The second kappa shape index (κ2) is 8.47. The van der Waals surface area contributed by atoms with Crippen molar-refractivity contribution >= 4 is 18.3 Å². The minimum atomic E-state index is -0.181. The van der Waals surface area contributed by atoms with E-state index >= 15 is 0 Å². The molecule has 1 fully saturated rings. The molecule has 2 atom stereocenters. The van der Waals surface area contributed by atoms with Crippen molar-refractivity contribution in [1.82, 2.24) is 20.4 Å². The van der Waals surface area contributed by atoms with E-state index in [2.05, 4.69) is 15.7 Å². The van der Waals surface area contributed by atoms with E-state index in [-0.39, 0.29) is 30.5 Å². The summed E-state index contributed by atoms with van der Waals surface area (Å²) < 4.78 is 7.21. The Bertz CT molecular complexity index is 717. The fourth-order valence-electron chi connectivity index (χ4n) is 3.13. The van der Waals surface area contributed by atoms with E-state index in [4.69, 9.17) is 4.74 Å². The normalized spacial score (nSPS) is 19.5. The second-order valence-corrected chi connectivity index (χ2v) is 6.17. The van der Waals surface area contributed by atoms with Gasteiger partial charge >= 0.3 is 0 Å². The average Bonchev–Trinajstić information content (AvgIpc) is 3.19. The summed E-state index contributed by atoms with van der Waals surface area (Å²) in [5.41, 5.74) is 4.07. The number of nitrogens with one attached hydrogen (secondary N) is 2. The van der Waals surface area contributed by atoms with Gasteiger partial charge in [0.25, 0.3) is 0 Å². The number of methoxy groups -OCH3 is 1. The summed E-state index contributed by atoms with van der Waals surface area (Å²) in [4.78, 5) is 12.3. The molecule has 0 aliphatic carbocycles. The minimum absolute atomic E-state index is 0. The number of nitrogens with zero attached hydrogens (tertiary/aromatic N) is 2. The number of aryl methyl sites for hydroxylation is 1. The number of rotatable bonds is 5. The van der Waals surface area contributed by atoms with Gasteiger partial charge < -0.3 is 15.4 Å². The molecule has 1 aromatic carbocycles. The SMILES string of the molecule is CO[C@@H]1CN[C@H](C(=O)NCc2c(C)nn(-c3ccccc3)c2C)C1.Cl. The lowest BCUT2D eigenvalue weighted by Gasteiger charge is -2.12. The van der Waals surface area contributed by atoms with Crippen LogP contribution in [-0.2, 0) is 16.1 Å². The first-order valence-electron chi connectivity index (χ1n) is 8.24. The summed E-state index contributed by atoms with van der Waals surface area (Å²) in [6.07, 6.45) is 0.828. The molecule has 1 aliphatic rings. The van der Waals surface area contributed by atoms with Crippen LogP contribution in [0, 0.1) is 13.8 Å². The number of benzene rings is 1. The van der Waals surface area contributed by atoms with Gasteiger partial charge in [-0.2, -0.15) is 5.10 Å². The first-order chi connectivity index (χ1) is 11.6. The van der Waals surface area contributed by atoms with Crippen molar-refractivity contribution in [3.05, 3.63) is 47.3 Å². The summed E-state index contributed by atoms with van der Waals surface area (Å²) in [6.45, 7) is 5.21. The van der Waals surface area contributed by atoms with Gasteiger partial charge in [-0.25, -0.2) is 4.68 Å². The lowest BCUT2D eigenvalue weighted by Crippen LogP contribution is -2.40. The third-order valence-corrected chi connectivity index (χ3v) is 4.62. The van der Waals surface area contributed by atoms with Crippen molar-refractivity contribution in [1.29, 1.82) is 0 Å². The summed E-state index contributed by atoms with van der Waals surface area (Å²) in [5, 5.41) is 10.8. The Hall–Kier alpha value is -1.89. The number of hydrogen-bond donors (Lipinski definition) is 2. The molecule has 1 aromatic heterocycles. The molecule has 7 heteroatoms. The van der Waals surface area contributed by atoms with E-state index in [1.807, 2.05) is 48.9 Å². The maximum Gasteiger partial charge on any atom is 0.237 e. The number of aromatic nitrogens is 2. The summed E-state index contributed by atoms with van der Waals surface area (Å²) in [5.74, 6) is 0.0146. The molecule has 1 amide bonds. The zero-order chi connectivity index (χ0) is 17.1. The first-order valence-corrected chi connectivity index (χ1v) is 8.24. The third kappa shape index (κ3) is 4.21. The Balaban J connectivity index is 0.00000225. The molecule has 0 bridgehead atoms. The van der Waals surface area contributed by atoms with Gasteiger partial charge in [-0.15, -0.1) is 12.4 Å². The quantitative estimate of drug-likeness (QED) is 0.850. The number of carbonyl (C=O) groups is 1. The standard InChI is InChI=1S/C18H24N4O2.ClH/c1-12-16(11-20-18(23)17-9-15(24-3)10-19-17)13(2)22(21-12)14-7-5-4-6-8-14;/h4-8,15,17,19H,9-11H2,1-3H3,(H,20,23);1H/t15-,17-;/m0./s1. The molecule has 136 valence electrons. The van der Waals surface area contributed by atoms with Gasteiger partial charge in [-0.1, -0.05) is 18.2 Å². The monoisotopic (exact) mass is 364 g/mol. The van der Waals surface area contributed by atoms with Gasteiger partial charge in [0.05, 0.1) is 23.5 Å². The smallest absolute Gasteiger partial charge is 0.237 e. The lowest BCUT2D eigenvalue weighted by molar-refractivity contribution is -0.123. The molecule has 2 aromatic rings. The minimum Gasteiger partial charge on any atom is -0.380 e. The molecule has 0 unspecified atom stereocenters. The fourth-order valence-corrected chi connectivity index (χ4v) is 3.13. The van der Waals surface area contributed by atoms with Crippen LogP contribution in [0.15, 0.2) is 30.3 Å². The Morgan fingerprint density at radius 3 is 2.72 bits per heavy atom. The van der Waals surface area contributed by atoms with Crippen LogP contribution in [0.4, 0.5) is 0 Å². The molecule has 0 radical (unpaired) electrons. The number of para-hydroxylation sites is 1. The molecule has 3 rings (SSSR count). The summed E-state index contributed by atoms with van der Waals surface area (Å²) in [7, 11) is 1.68. The maximum absolute atomic E-state index is 12.3. The Labute approximate surface area is 154 Å². The number of hydrogen-bond acceptors (Lipinski definition) is 4. The largest absolute Gasteiger partial charge is 0.380 e. The summed E-state index contributed by atoms with van der Waals surface area (Å²) >= 11 is 0. The molecule has 1 aliphatic heterocycles.